The van der Waals surface area contributed by atoms with Gasteiger partial charge in [0.15, 0.2) is 6.10 Å². The number of rotatable bonds is 4. The Hall–Kier alpha value is -2.08. The Kier molecular flexibility index (Phi) is 4.02. The molecule has 3 rings (SSSR count). The highest BCUT2D eigenvalue weighted by atomic mass is 16.5. The van der Waals surface area contributed by atoms with E-state index in [1.54, 1.807) is 11.0 Å². The van der Waals surface area contributed by atoms with Gasteiger partial charge < -0.3 is 19.8 Å². The Labute approximate surface area is 128 Å². The van der Waals surface area contributed by atoms with Crippen molar-refractivity contribution < 1.29 is 18.7 Å². The Morgan fingerprint density at radius 2 is 2.18 bits per heavy atom. The summed E-state index contributed by atoms with van der Waals surface area (Å²) in [6.45, 7) is 3.16. The molecule has 3 atom stereocenters. The van der Waals surface area contributed by atoms with Crippen LogP contribution in [0.2, 0.25) is 0 Å². The zero-order valence-electron chi connectivity index (χ0n) is 12.5. The molecule has 2 N–H and O–H groups in total. The molecule has 1 aliphatic carbocycles. The number of nitrogens with zero attached hydrogens (tertiary/aromatic N) is 1. The molecule has 2 aliphatic rings. The SMILES string of the molecule is C[C@@H]1C[C@@H]1c1ccc(/C=C\C(=O)N2CCO[C@@H](C(N)=O)C2)o1. The molecule has 1 saturated heterocycles. The molecule has 118 valence electrons. The molecule has 2 heterocycles. The third-order valence-electron chi connectivity index (χ3n) is 4.21. The first kappa shape index (κ1) is 14.8. The average Bonchev–Trinajstić information content (AvgIpc) is 3.06. The quantitative estimate of drug-likeness (QED) is 0.845. The number of carbonyl (C=O) groups is 2. The number of nitrogens with two attached hydrogens (primary N) is 1. The second-order valence-electron chi connectivity index (χ2n) is 5.94. The van der Waals surface area contributed by atoms with Crippen molar-refractivity contribution in [1.82, 2.24) is 4.90 Å². The Bertz CT molecular complexity index is 607. The van der Waals surface area contributed by atoms with E-state index in [0.717, 1.165) is 12.2 Å². The van der Waals surface area contributed by atoms with Crippen molar-refractivity contribution >= 4 is 17.9 Å². The summed E-state index contributed by atoms with van der Waals surface area (Å²) in [6.07, 6.45) is 3.56. The number of hydrogen-bond donors (Lipinski definition) is 1. The molecule has 1 aromatic heterocycles. The lowest BCUT2D eigenvalue weighted by Crippen LogP contribution is -2.50. The van der Waals surface area contributed by atoms with Gasteiger partial charge in [-0.05, 0) is 30.5 Å². The normalized spacial score (nSPS) is 28.0. The average molecular weight is 304 g/mol. The standard InChI is InChI=1S/C16H20N2O4/c1-10-8-12(10)13-4-2-11(22-13)3-5-15(19)18-6-7-21-14(9-18)16(17)20/h2-5,10,12,14H,6-9H2,1H3,(H2,17,20)/b5-3-/t10-,12+,14-/m1/s1. The zero-order valence-corrected chi connectivity index (χ0v) is 12.5. The van der Waals surface area contributed by atoms with Gasteiger partial charge in [-0.15, -0.1) is 0 Å². The molecule has 0 aromatic carbocycles. The topological polar surface area (TPSA) is 85.8 Å². The highest BCUT2D eigenvalue weighted by molar-refractivity contribution is 5.92. The maximum Gasteiger partial charge on any atom is 0.248 e. The van der Waals surface area contributed by atoms with Crippen molar-refractivity contribution in [3.63, 3.8) is 0 Å². The van der Waals surface area contributed by atoms with E-state index in [9.17, 15) is 9.59 Å². The van der Waals surface area contributed by atoms with Crippen LogP contribution in [0.3, 0.4) is 0 Å². The lowest BCUT2D eigenvalue weighted by atomic mass is 10.2. The third-order valence-corrected chi connectivity index (χ3v) is 4.21. The van der Waals surface area contributed by atoms with Gasteiger partial charge in [-0.3, -0.25) is 9.59 Å². The molecule has 22 heavy (non-hydrogen) atoms. The van der Waals surface area contributed by atoms with Crippen LogP contribution in [0.4, 0.5) is 0 Å². The van der Waals surface area contributed by atoms with Crippen molar-refractivity contribution in [1.29, 1.82) is 0 Å². The van der Waals surface area contributed by atoms with Gasteiger partial charge in [-0.1, -0.05) is 6.92 Å². The molecule has 0 bridgehead atoms. The largest absolute Gasteiger partial charge is 0.461 e. The van der Waals surface area contributed by atoms with E-state index < -0.39 is 12.0 Å². The molecule has 1 aliphatic heterocycles. The van der Waals surface area contributed by atoms with Crippen molar-refractivity contribution in [2.24, 2.45) is 11.7 Å². The Balaban J connectivity index is 1.58. The summed E-state index contributed by atoms with van der Waals surface area (Å²) in [5.41, 5.74) is 5.21. The minimum Gasteiger partial charge on any atom is -0.461 e. The van der Waals surface area contributed by atoms with Gasteiger partial charge in [-0.25, -0.2) is 0 Å². The van der Waals surface area contributed by atoms with Crippen LogP contribution >= 0.6 is 0 Å². The van der Waals surface area contributed by atoms with Crippen LogP contribution in [-0.4, -0.2) is 42.5 Å². The summed E-state index contributed by atoms with van der Waals surface area (Å²) in [4.78, 5) is 24.8. The predicted octanol–water partition coefficient (Wildman–Crippen LogP) is 1.13. The molecule has 1 aromatic rings. The molecular formula is C16H20N2O4. The molecular weight excluding hydrogens is 284 g/mol. The van der Waals surface area contributed by atoms with E-state index in [4.69, 9.17) is 14.9 Å². The van der Waals surface area contributed by atoms with Crippen LogP contribution in [0.1, 0.15) is 30.8 Å². The second kappa shape index (κ2) is 5.96. The monoisotopic (exact) mass is 304 g/mol. The van der Waals surface area contributed by atoms with Gasteiger partial charge in [-0.2, -0.15) is 0 Å². The molecule has 6 nitrogen and oxygen atoms in total. The minimum atomic E-state index is -0.724. The van der Waals surface area contributed by atoms with Crippen LogP contribution in [0.25, 0.3) is 6.08 Å². The fourth-order valence-corrected chi connectivity index (χ4v) is 2.66. The number of carbonyl (C=O) groups excluding carboxylic acids is 2. The summed E-state index contributed by atoms with van der Waals surface area (Å²) < 4.78 is 10.9. The third kappa shape index (κ3) is 3.22. The molecule has 0 radical (unpaired) electrons. The second-order valence-corrected chi connectivity index (χ2v) is 5.94. The zero-order chi connectivity index (χ0) is 15.7. The van der Waals surface area contributed by atoms with Gasteiger partial charge in [0.05, 0.1) is 13.2 Å². The van der Waals surface area contributed by atoms with E-state index >= 15 is 0 Å². The molecule has 0 unspecified atom stereocenters. The fourth-order valence-electron chi connectivity index (χ4n) is 2.66. The summed E-state index contributed by atoms with van der Waals surface area (Å²) in [7, 11) is 0. The smallest absolute Gasteiger partial charge is 0.248 e. The van der Waals surface area contributed by atoms with Gasteiger partial charge in [0, 0.05) is 18.5 Å². The Morgan fingerprint density at radius 3 is 2.86 bits per heavy atom. The number of furan rings is 1. The molecule has 0 spiro atoms. The summed E-state index contributed by atoms with van der Waals surface area (Å²) in [5, 5.41) is 0. The van der Waals surface area contributed by atoms with Crippen LogP contribution in [0.15, 0.2) is 22.6 Å². The van der Waals surface area contributed by atoms with Gasteiger partial charge in [0.2, 0.25) is 11.8 Å². The number of primary amides is 1. The molecule has 2 fully saturated rings. The van der Waals surface area contributed by atoms with E-state index in [1.165, 1.54) is 6.08 Å². The number of hydrogen-bond acceptors (Lipinski definition) is 4. The highest BCUT2D eigenvalue weighted by Gasteiger charge is 2.36. The maximum absolute atomic E-state index is 12.1. The van der Waals surface area contributed by atoms with Crippen LogP contribution in [0, 0.1) is 5.92 Å². The van der Waals surface area contributed by atoms with Crippen molar-refractivity contribution in [3.05, 3.63) is 29.7 Å². The summed E-state index contributed by atoms with van der Waals surface area (Å²) in [5.74, 6) is 2.14. The van der Waals surface area contributed by atoms with Gasteiger partial charge >= 0.3 is 0 Å². The fraction of sp³-hybridized carbons (Fsp3) is 0.500. The van der Waals surface area contributed by atoms with E-state index in [2.05, 4.69) is 6.92 Å². The van der Waals surface area contributed by atoms with Crippen molar-refractivity contribution in [2.45, 2.75) is 25.4 Å². The minimum absolute atomic E-state index is 0.174. The first-order chi connectivity index (χ1) is 10.5. The number of ether oxygens (including phenoxy) is 1. The summed E-state index contributed by atoms with van der Waals surface area (Å²) >= 11 is 0. The van der Waals surface area contributed by atoms with E-state index in [1.807, 2.05) is 12.1 Å². The molecule has 1 saturated carbocycles. The molecule has 6 heteroatoms. The van der Waals surface area contributed by atoms with Crippen LogP contribution < -0.4 is 5.73 Å². The number of morpholine rings is 1. The van der Waals surface area contributed by atoms with E-state index in [0.29, 0.717) is 30.7 Å². The lowest BCUT2D eigenvalue weighted by Gasteiger charge is -2.30. The van der Waals surface area contributed by atoms with Gasteiger partial charge in [0.25, 0.3) is 0 Å². The van der Waals surface area contributed by atoms with Gasteiger partial charge in [0.1, 0.15) is 11.5 Å². The van der Waals surface area contributed by atoms with Crippen molar-refractivity contribution in [2.75, 3.05) is 19.7 Å². The molecule has 2 amide bonds. The maximum atomic E-state index is 12.1. The number of amides is 2. The van der Waals surface area contributed by atoms with Crippen LogP contribution in [-0.2, 0) is 14.3 Å². The Morgan fingerprint density at radius 1 is 1.41 bits per heavy atom. The lowest BCUT2D eigenvalue weighted by molar-refractivity contribution is -0.142. The van der Waals surface area contributed by atoms with Crippen molar-refractivity contribution in [3.8, 4) is 0 Å². The van der Waals surface area contributed by atoms with Crippen LogP contribution in [0.5, 0.6) is 0 Å². The first-order valence-corrected chi connectivity index (χ1v) is 7.52. The van der Waals surface area contributed by atoms with E-state index in [-0.39, 0.29) is 12.5 Å². The first-order valence-electron chi connectivity index (χ1n) is 7.52. The summed E-state index contributed by atoms with van der Waals surface area (Å²) in [6, 6.07) is 3.84. The predicted molar refractivity (Wildman–Crippen MR) is 79.8 cm³/mol. The highest BCUT2D eigenvalue weighted by Crippen LogP contribution is 2.47.